The van der Waals surface area contributed by atoms with Crippen LogP contribution in [-0.4, -0.2) is 35.4 Å². The van der Waals surface area contributed by atoms with Crippen molar-refractivity contribution in [2.24, 2.45) is 0 Å². The summed E-state index contributed by atoms with van der Waals surface area (Å²) in [4.78, 5) is 14.8. The second-order valence-corrected chi connectivity index (χ2v) is 5.53. The van der Waals surface area contributed by atoms with Crippen molar-refractivity contribution in [3.63, 3.8) is 0 Å². The fourth-order valence-electron chi connectivity index (χ4n) is 1.47. The minimum atomic E-state index is 0.211. The molecule has 0 bridgehead atoms. The van der Waals surface area contributed by atoms with E-state index in [0.717, 1.165) is 29.5 Å². The highest BCUT2D eigenvalue weighted by atomic mass is 32.2. The topological polar surface area (TPSA) is 20.3 Å². The Morgan fingerprint density at radius 1 is 1.43 bits per heavy atom. The first-order valence-corrected chi connectivity index (χ1v) is 6.73. The van der Waals surface area contributed by atoms with Gasteiger partial charge in [0, 0.05) is 24.6 Å². The zero-order valence-corrected chi connectivity index (χ0v) is 9.79. The molecule has 0 radical (unpaired) electrons. The van der Waals surface area contributed by atoms with Crippen LogP contribution in [0.3, 0.4) is 0 Å². The summed E-state index contributed by atoms with van der Waals surface area (Å²) in [5.74, 6) is 2.37. The number of nitrogens with zero attached hydrogens (tertiary/aromatic N) is 1. The third-order valence-corrected chi connectivity index (χ3v) is 4.22. The lowest BCUT2D eigenvalue weighted by atomic mass is 10.3. The van der Waals surface area contributed by atoms with Crippen LogP contribution in [0.5, 0.6) is 0 Å². The minimum Gasteiger partial charge on any atom is -0.336 e. The fraction of sp³-hybridized carbons (Fsp3) is 0.500. The van der Waals surface area contributed by atoms with E-state index >= 15 is 0 Å². The molecule has 2 heterocycles. The van der Waals surface area contributed by atoms with E-state index in [-0.39, 0.29) is 5.91 Å². The van der Waals surface area contributed by atoms with Gasteiger partial charge < -0.3 is 4.90 Å². The van der Waals surface area contributed by atoms with Crippen LogP contribution in [0, 0.1) is 6.92 Å². The number of thiophene rings is 1. The van der Waals surface area contributed by atoms with E-state index in [2.05, 4.69) is 0 Å². The molecule has 1 saturated heterocycles. The summed E-state index contributed by atoms with van der Waals surface area (Å²) in [6, 6.07) is 1.98. The van der Waals surface area contributed by atoms with E-state index in [9.17, 15) is 4.79 Å². The molecule has 14 heavy (non-hydrogen) atoms. The van der Waals surface area contributed by atoms with E-state index < -0.39 is 0 Å². The second kappa shape index (κ2) is 4.36. The largest absolute Gasteiger partial charge is 0.336 e. The van der Waals surface area contributed by atoms with Gasteiger partial charge in [-0.05, 0) is 23.9 Å². The third kappa shape index (κ3) is 2.12. The van der Waals surface area contributed by atoms with Gasteiger partial charge >= 0.3 is 0 Å². The van der Waals surface area contributed by atoms with Gasteiger partial charge in [0.1, 0.15) is 0 Å². The Hall–Kier alpha value is -0.480. The van der Waals surface area contributed by atoms with Crippen molar-refractivity contribution >= 4 is 29.0 Å². The Bertz CT molecular complexity index is 329. The lowest BCUT2D eigenvalue weighted by Crippen LogP contribution is -2.37. The van der Waals surface area contributed by atoms with E-state index in [4.69, 9.17) is 0 Å². The summed E-state index contributed by atoms with van der Waals surface area (Å²) < 4.78 is 0. The first-order chi connectivity index (χ1) is 6.77. The predicted octanol–water partition coefficient (Wildman–Crippen LogP) is 2.25. The Kier molecular flexibility index (Phi) is 3.13. The summed E-state index contributed by atoms with van der Waals surface area (Å²) >= 11 is 3.48. The molecule has 1 aliphatic rings. The van der Waals surface area contributed by atoms with Gasteiger partial charge in [0.05, 0.1) is 4.88 Å². The second-order valence-electron chi connectivity index (χ2n) is 3.39. The van der Waals surface area contributed by atoms with Crippen LogP contribution in [-0.2, 0) is 0 Å². The molecule has 1 amide bonds. The van der Waals surface area contributed by atoms with Gasteiger partial charge in [0.2, 0.25) is 0 Å². The highest BCUT2D eigenvalue weighted by molar-refractivity contribution is 7.99. The van der Waals surface area contributed by atoms with E-state index in [1.807, 2.05) is 35.0 Å². The number of amides is 1. The predicted molar refractivity (Wildman–Crippen MR) is 62.3 cm³/mol. The summed E-state index contributed by atoms with van der Waals surface area (Å²) in [7, 11) is 0. The lowest BCUT2D eigenvalue weighted by Gasteiger charge is -2.25. The molecule has 0 aliphatic carbocycles. The zero-order valence-electron chi connectivity index (χ0n) is 8.16. The first-order valence-electron chi connectivity index (χ1n) is 4.69. The molecule has 1 aromatic rings. The van der Waals surface area contributed by atoms with Crippen LogP contribution in [0.4, 0.5) is 0 Å². The molecular formula is C10H13NOS2. The molecule has 0 unspecified atom stereocenters. The van der Waals surface area contributed by atoms with Gasteiger partial charge in [-0.3, -0.25) is 4.79 Å². The summed E-state index contributed by atoms with van der Waals surface area (Å²) in [5.41, 5.74) is 1.18. The molecule has 76 valence electrons. The Morgan fingerprint density at radius 2 is 2.14 bits per heavy atom. The van der Waals surface area contributed by atoms with E-state index in [0.29, 0.717) is 0 Å². The number of thioether (sulfide) groups is 1. The Balaban J connectivity index is 2.07. The maximum Gasteiger partial charge on any atom is 0.263 e. The van der Waals surface area contributed by atoms with Crippen LogP contribution < -0.4 is 0 Å². The van der Waals surface area contributed by atoms with Crippen LogP contribution >= 0.6 is 23.1 Å². The molecule has 1 fully saturated rings. The molecule has 1 aliphatic heterocycles. The smallest absolute Gasteiger partial charge is 0.263 e. The highest BCUT2D eigenvalue weighted by Gasteiger charge is 2.19. The number of carbonyl (C=O) groups is 1. The zero-order chi connectivity index (χ0) is 9.97. The minimum absolute atomic E-state index is 0.211. The van der Waals surface area contributed by atoms with E-state index in [1.54, 1.807) is 11.3 Å². The summed E-state index contributed by atoms with van der Waals surface area (Å²) in [5, 5.41) is 2.03. The SMILES string of the molecule is Cc1csc(C(=O)N2CCSCC2)c1. The monoisotopic (exact) mass is 227 g/mol. The van der Waals surface area contributed by atoms with Gasteiger partial charge in [-0.15, -0.1) is 11.3 Å². The number of rotatable bonds is 1. The van der Waals surface area contributed by atoms with Crippen LogP contribution in [0.1, 0.15) is 15.2 Å². The number of hydrogen-bond donors (Lipinski definition) is 0. The van der Waals surface area contributed by atoms with Crippen molar-refractivity contribution in [3.05, 3.63) is 21.9 Å². The quantitative estimate of drug-likeness (QED) is 0.733. The molecule has 4 heteroatoms. The van der Waals surface area contributed by atoms with Gasteiger partial charge in [-0.1, -0.05) is 0 Å². The average molecular weight is 227 g/mol. The van der Waals surface area contributed by atoms with Gasteiger partial charge in [0.25, 0.3) is 5.91 Å². The lowest BCUT2D eigenvalue weighted by molar-refractivity contribution is 0.0777. The average Bonchev–Trinajstić information content (AvgIpc) is 2.65. The van der Waals surface area contributed by atoms with Gasteiger partial charge in [-0.25, -0.2) is 0 Å². The van der Waals surface area contributed by atoms with Gasteiger partial charge in [0.15, 0.2) is 0 Å². The van der Waals surface area contributed by atoms with Crippen molar-refractivity contribution in [2.45, 2.75) is 6.92 Å². The highest BCUT2D eigenvalue weighted by Crippen LogP contribution is 2.18. The first kappa shape index (κ1) is 10.1. The van der Waals surface area contributed by atoms with Crippen LogP contribution in [0.2, 0.25) is 0 Å². The summed E-state index contributed by atoms with van der Waals surface area (Å²) in [6.45, 7) is 3.83. The third-order valence-electron chi connectivity index (χ3n) is 2.24. The maximum atomic E-state index is 11.9. The Labute approximate surface area is 92.3 Å². The van der Waals surface area contributed by atoms with Crippen molar-refractivity contribution in [2.75, 3.05) is 24.6 Å². The molecule has 2 rings (SSSR count). The van der Waals surface area contributed by atoms with Gasteiger partial charge in [-0.2, -0.15) is 11.8 Å². The maximum absolute atomic E-state index is 11.9. The molecule has 0 N–H and O–H groups in total. The fourth-order valence-corrected chi connectivity index (χ4v) is 3.23. The molecule has 2 nitrogen and oxygen atoms in total. The molecular weight excluding hydrogens is 214 g/mol. The molecule has 0 atom stereocenters. The molecule has 1 aromatic heterocycles. The van der Waals surface area contributed by atoms with Crippen molar-refractivity contribution < 1.29 is 4.79 Å². The number of carbonyl (C=O) groups excluding carboxylic acids is 1. The standard InChI is InChI=1S/C10H13NOS2/c1-8-6-9(14-7-8)10(12)11-2-4-13-5-3-11/h6-7H,2-5H2,1H3. The number of aryl methyl sites for hydroxylation is 1. The van der Waals surface area contributed by atoms with Crippen LogP contribution in [0.15, 0.2) is 11.4 Å². The van der Waals surface area contributed by atoms with Crippen molar-refractivity contribution in [1.29, 1.82) is 0 Å². The Morgan fingerprint density at radius 3 is 2.71 bits per heavy atom. The molecule has 0 aromatic carbocycles. The van der Waals surface area contributed by atoms with E-state index in [1.165, 1.54) is 5.56 Å². The van der Waals surface area contributed by atoms with Crippen molar-refractivity contribution in [1.82, 2.24) is 4.90 Å². The molecule has 0 spiro atoms. The summed E-state index contributed by atoms with van der Waals surface area (Å²) in [6.07, 6.45) is 0. The normalized spacial score (nSPS) is 17.1. The van der Waals surface area contributed by atoms with Crippen molar-refractivity contribution in [3.8, 4) is 0 Å². The molecule has 0 saturated carbocycles. The number of hydrogen-bond acceptors (Lipinski definition) is 3. The van der Waals surface area contributed by atoms with Crippen LogP contribution in [0.25, 0.3) is 0 Å².